The van der Waals surface area contributed by atoms with Crippen LogP contribution in [0, 0.1) is 6.92 Å². The number of fused-ring (bicyclic) bond motifs is 1. The molecule has 0 heteroatoms. The van der Waals surface area contributed by atoms with Crippen LogP contribution in [0.15, 0.2) is 60.7 Å². The summed E-state index contributed by atoms with van der Waals surface area (Å²) in [6.07, 6.45) is 1.09. The number of benzene rings is 3. The molecule has 0 bridgehead atoms. The summed E-state index contributed by atoms with van der Waals surface area (Å²) in [6, 6.07) is 22.5. The predicted molar refractivity (Wildman–Crippen MR) is 101 cm³/mol. The summed E-state index contributed by atoms with van der Waals surface area (Å²) in [5, 5.41) is 2.68. The van der Waals surface area contributed by atoms with E-state index in [1.165, 1.54) is 33.0 Å². The van der Waals surface area contributed by atoms with Crippen molar-refractivity contribution in [3.05, 3.63) is 82.9 Å². The molecule has 1 atom stereocenters. The Morgan fingerprint density at radius 2 is 1.39 bits per heavy atom. The molecule has 0 N–H and O–H groups in total. The van der Waals surface area contributed by atoms with Crippen LogP contribution < -0.4 is 0 Å². The van der Waals surface area contributed by atoms with Gasteiger partial charge in [0.15, 0.2) is 0 Å². The average molecular weight is 302 g/mol. The highest BCUT2D eigenvalue weighted by molar-refractivity contribution is 5.84. The smallest absolute Gasteiger partial charge is 0.0147 e. The molecule has 0 aliphatic rings. The quantitative estimate of drug-likeness (QED) is 0.508. The Morgan fingerprint density at radius 3 is 2.00 bits per heavy atom. The Kier molecular flexibility index (Phi) is 4.52. The van der Waals surface area contributed by atoms with Crippen LogP contribution in [0.1, 0.15) is 54.9 Å². The molecule has 0 fully saturated rings. The van der Waals surface area contributed by atoms with Gasteiger partial charge < -0.3 is 0 Å². The Labute approximate surface area is 140 Å². The zero-order valence-corrected chi connectivity index (χ0v) is 14.6. The molecule has 1 unspecified atom stereocenters. The molecule has 0 spiro atoms. The maximum absolute atomic E-state index is 2.37. The van der Waals surface area contributed by atoms with Gasteiger partial charge in [-0.05, 0) is 58.2 Å². The maximum atomic E-state index is 2.37. The lowest BCUT2D eigenvalue weighted by Crippen LogP contribution is -2.01. The van der Waals surface area contributed by atoms with Gasteiger partial charge >= 0.3 is 0 Å². The zero-order chi connectivity index (χ0) is 16.4. The van der Waals surface area contributed by atoms with E-state index in [9.17, 15) is 0 Å². The third-order valence-electron chi connectivity index (χ3n) is 4.85. The van der Waals surface area contributed by atoms with Crippen LogP contribution in [0.3, 0.4) is 0 Å². The first-order valence-corrected chi connectivity index (χ1v) is 8.62. The van der Waals surface area contributed by atoms with Gasteiger partial charge in [0.2, 0.25) is 0 Å². The molecular weight excluding hydrogens is 276 g/mol. The van der Waals surface area contributed by atoms with E-state index in [-0.39, 0.29) is 0 Å². The van der Waals surface area contributed by atoms with E-state index in [1.807, 2.05) is 0 Å². The van der Waals surface area contributed by atoms with E-state index in [0.717, 1.165) is 6.42 Å². The van der Waals surface area contributed by atoms with E-state index >= 15 is 0 Å². The van der Waals surface area contributed by atoms with Crippen molar-refractivity contribution in [3.63, 3.8) is 0 Å². The molecule has 0 aromatic heterocycles. The topological polar surface area (TPSA) is 0 Å². The molecule has 0 amide bonds. The summed E-state index contributed by atoms with van der Waals surface area (Å²) in [7, 11) is 0. The van der Waals surface area contributed by atoms with Crippen molar-refractivity contribution in [3.8, 4) is 0 Å². The molecule has 0 heterocycles. The second-order valence-electron chi connectivity index (χ2n) is 7.06. The minimum absolute atomic E-state index is 0.532. The van der Waals surface area contributed by atoms with Crippen LogP contribution in [0.5, 0.6) is 0 Å². The Morgan fingerprint density at radius 1 is 0.783 bits per heavy atom. The predicted octanol–water partition coefficient (Wildman–Crippen LogP) is 6.62. The molecule has 118 valence electrons. The van der Waals surface area contributed by atoms with Gasteiger partial charge in [-0.25, -0.2) is 0 Å². The van der Waals surface area contributed by atoms with Crippen molar-refractivity contribution in [2.75, 3.05) is 0 Å². The molecule has 0 aliphatic carbocycles. The lowest BCUT2D eigenvalue weighted by molar-refractivity contribution is 0.753. The molecule has 3 aromatic rings. The normalized spacial score (nSPS) is 12.7. The van der Waals surface area contributed by atoms with Gasteiger partial charge in [-0.3, -0.25) is 0 Å². The first-order chi connectivity index (χ1) is 11.0. The Balaban J connectivity index is 1.85. The lowest BCUT2D eigenvalue weighted by atomic mass is 9.88. The van der Waals surface area contributed by atoms with Gasteiger partial charge in [0.05, 0.1) is 0 Å². The highest BCUT2D eigenvalue weighted by Crippen LogP contribution is 2.28. The third kappa shape index (κ3) is 3.47. The van der Waals surface area contributed by atoms with Gasteiger partial charge in [0.1, 0.15) is 0 Å². The second kappa shape index (κ2) is 6.58. The van der Waals surface area contributed by atoms with E-state index in [4.69, 9.17) is 0 Å². The second-order valence-corrected chi connectivity index (χ2v) is 7.06. The van der Waals surface area contributed by atoms with Gasteiger partial charge in [-0.1, -0.05) is 81.4 Å². The van der Waals surface area contributed by atoms with Gasteiger partial charge in [0.25, 0.3) is 0 Å². The molecule has 0 saturated heterocycles. The fourth-order valence-corrected chi connectivity index (χ4v) is 3.40. The van der Waals surface area contributed by atoms with E-state index in [2.05, 4.69) is 88.4 Å². The molecule has 0 aliphatic heterocycles. The summed E-state index contributed by atoms with van der Waals surface area (Å²) in [6.45, 7) is 9.07. The fourth-order valence-electron chi connectivity index (χ4n) is 3.40. The van der Waals surface area contributed by atoms with E-state index in [1.54, 1.807) is 0 Å². The Hall–Kier alpha value is -2.08. The van der Waals surface area contributed by atoms with Gasteiger partial charge in [-0.15, -0.1) is 0 Å². The lowest BCUT2D eigenvalue weighted by Gasteiger charge is -2.17. The minimum Gasteiger partial charge on any atom is -0.0616 e. The van der Waals surface area contributed by atoms with Crippen LogP contribution in [0.2, 0.25) is 0 Å². The van der Waals surface area contributed by atoms with Gasteiger partial charge in [-0.2, -0.15) is 0 Å². The highest BCUT2D eigenvalue weighted by atomic mass is 14.2. The summed E-state index contributed by atoms with van der Waals surface area (Å²) in [4.78, 5) is 0. The highest BCUT2D eigenvalue weighted by Gasteiger charge is 2.11. The third-order valence-corrected chi connectivity index (χ3v) is 4.85. The van der Waals surface area contributed by atoms with Crippen molar-refractivity contribution in [1.29, 1.82) is 0 Å². The van der Waals surface area contributed by atoms with Crippen LogP contribution >= 0.6 is 0 Å². The SMILES string of the molecule is Cc1cc2ccccc2cc1C(C)Cc1ccc(C(C)C)cc1. The van der Waals surface area contributed by atoms with Crippen LogP contribution in [0.25, 0.3) is 10.8 Å². The summed E-state index contributed by atoms with van der Waals surface area (Å²) in [5.41, 5.74) is 5.71. The van der Waals surface area contributed by atoms with Crippen molar-refractivity contribution in [2.24, 2.45) is 0 Å². The number of hydrogen-bond acceptors (Lipinski definition) is 0. The van der Waals surface area contributed by atoms with Crippen molar-refractivity contribution < 1.29 is 0 Å². The molecule has 3 rings (SSSR count). The van der Waals surface area contributed by atoms with Crippen molar-refractivity contribution >= 4 is 10.8 Å². The van der Waals surface area contributed by atoms with E-state index < -0.39 is 0 Å². The molecule has 3 aromatic carbocycles. The average Bonchev–Trinajstić information content (AvgIpc) is 2.54. The first-order valence-electron chi connectivity index (χ1n) is 8.62. The number of aryl methyl sites for hydroxylation is 1. The van der Waals surface area contributed by atoms with Gasteiger partial charge in [0, 0.05) is 0 Å². The minimum atomic E-state index is 0.532. The standard InChI is InChI=1S/C23H26/c1-16(2)20-11-9-19(10-12-20)13-17(3)23-15-22-8-6-5-7-21(22)14-18(23)4/h5-12,14-17H,13H2,1-4H3. The molecular formula is C23H26. The summed E-state index contributed by atoms with van der Waals surface area (Å²) in [5.74, 6) is 1.13. The Bertz CT molecular complexity index is 794. The molecule has 0 radical (unpaired) electrons. The molecule has 23 heavy (non-hydrogen) atoms. The molecule has 0 nitrogen and oxygen atoms in total. The van der Waals surface area contributed by atoms with Crippen molar-refractivity contribution in [2.45, 2.75) is 46.0 Å². The van der Waals surface area contributed by atoms with Crippen LogP contribution in [-0.4, -0.2) is 0 Å². The summed E-state index contributed by atoms with van der Waals surface area (Å²) < 4.78 is 0. The molecule has 0 saturated carbocycles. The number of hydrogen-bond donors (Lipinski definition) is 0. The zero-order valence-electron chi connectivity index (χ0n) is 14.6. The fraction of sp³-hybridized carbons (Fsp3) is 0.304. The maximum Gasteiger partial charge on any atom is -0.0147 e. The number of rotatable bonds is 4. The van der Waals surface area contributed by atoms with Crippen LogP contribution in [0.4, 0.5) is 0 Å². The van der Waals surface area contributed by atoms with Crippen molar-refractivity contribution in [1.82, 2.24) is 0 Å². The van der Waals surface area contributed by atoms with E-state index in [0.29, 0.717) is 11.8 Å². The summed E-state index contributed by atoms with van der Waals surface area (Å²) >= 11 is 0. The van der Waals surface area contributed by atoms with Crippen LogP contribution in [-0.2, 0) is 6.42 Å². The first kappa shape index (κ1) is 15.8. The monoisotopic (exact) mass is 302 g/mol. The largest absolute Gasteiger partial charge is 0.0616 e.